The summed E-state index contributed by atoms with van der Waals surface area (Å²) in [5, 5.41) is 0.966. The van der Waals surface area contributed by atoms with E-state index in [1.54, 1.807) is 6.07 Å². The molecule has 1 aliphatic carbocycles. The van der Waals surface area contributed by atoms with E-state index in [4.69, 9.17) is 0 Å². The standard InChI is InChI=1S/C36H27F3N2/c37-36(38,39)34(21-22-34)33-24-26(20-23-40-33)31-25-41(32-19-11-10-18-30(31)32)35(27-12-4-1-5-13-27,28-14-6-2-7-15-28)29-16-8-3-9-17-29/h1-20,23-25H,21-22H2. The number of para-hydroxylation sites is 1. The van der Waals surface area contributed by atoms with Crippen LogP contribution in [-0.2, 0) is 11.0 Å². The van der Waals surface area contributed by atoms with E-state index in [2.05, 4.69) is 58.2 Å². The van der Waals surface area contributed by atoms with Gasteiger partial charge in [-0.15, -0.1) is 0 Å². The molecule has 0 saturated heterocycles. The number of benzene rings is 4. The smallest absolute Gasteiger partial charge is 0.328 e. The maximum atomic E-state index is 14.0. The summed E-state index contributed by atoms with van der Waals surface area (Å²) in [6, 6.07) is 42.7. The quantitative estimate of drug-likeness (QED) is 0.191. The minimum Gasteiger partial charge on any atom is -0.328 e. The van der Waals surface area contributed by atoms with Gasteiger partial charge < -0.3 is 4.57 Å². The number of pyridine rings is 1. The third-order valence-corrected chi connectivity index (χ3v) is 8.50. The van der Waals surface area contributed by atoms with E-state index >= 15 is 0 Å². The third kappa shape index (κ3) is 3.91. The second-order valence-corrected chi connectivity index (χ2v) is 10.7. The predicted molar refractivity (Wildman–Crippen MR) is 157 cm³/mol. The summed E-state index contributed by atoms with van der Waals surface area (Å²) in [4.78, 5) is 4.22. The maximum absolute atomic E-state index is 14.0. The first-order chi connectivity index (χ1) is 19.9. The van der Waals surface area contributed by atoms with Gasteiger partial charge in [0.2, 0.25) is 0 Å². The van der Waals surface area contributed by atoms with Crippen molar-refractivity contribution < 1.29 is 13.2 Å². The number of rotatable bonds is 6. The van der Waals surface area contributed by atoms with E-state index in [0.717, 1.165) is 38.7 Å². The Labute approximate surface area is 236 Å². The largest absolute Gasteiger partial charge is 0.399 e. The van der Waals surface area contributed by atoms with Crippen LogP contribution in [0.3, 0.4) is 0 Å². The Balaban J connectivity index is 1.55. The van der Waals surface area contributed by atoms with Crippen molar-refractivity contribution >= 4 is 10.9 Å². The van der Waals surface area contributed by atoms with Crippen LogP contribution in [0.1, 0.15) is 35.2 Å². The molecule has 1 fully saturated rings. The molecule has 5 heteroatoms. The lowest BCUT2D eigenvalue weighted by molar-refractivity contribution is -0.161. The van der Waals surface area contributed by atoms with Crippen molar-refractivity contribution in [1.29, 1.82) is 0 Å². The highest BCUT2D eigenvalue weighted by molar-refractivity contribution is 5.97. The molecule has 4 aromatic carbocycles. The Bertz CT molecular complexity index is 1720. The maximum Gasteiger partial charge on any atom is 0.399 e. The molecule has 0 unspecified atom stereocenters. The first kappa shape index (κ1) is 25.3. The van der Waals surface area contributed by atoms with Crippen molar-refractivity contribution in [3.05, 3.63) is 162 Å². The van der Waals surface area contributed by atoms with Crippen LogP contribution in [0, 0.1) is 0 Å². The van der Waals surface area contributed by atoms with Gasteiger partial charge in [0.15, 0.2) is 0 Å². The van der Waals surface area contributed by atoms with Crippen LogP contribution in [0.4, 0.5) is 13.2 Å². The molecule has 0 atom stereocenters. The van der Waals surface area contributed by atoms with Gasteiger partial charge in [0, 0.05) is 28.9 Å². The molecule has 41 heavy (non-hydrogen) atoms. The minimum absolute atomic E-state index is 0.0772. The van der Waals surface area contributed by atoms with Gasteiger partial charge in [-0.25, -0.2) is 0 Å². The highest BCUT2D eigenvalue weighted by Crippen LogP contribution is 2.58. The zero-order valence-electron chi connectivity index (χ0n) is 22.2. The Kier molecular flexibility index (Phi) is 5.86. The van der Waals surface area contributed by atoms with Crippen LogP contribution in [-0.4, -0.2) is 15.7 Å². The normalized spacial score (nSPS) is 14.7. The van der Waals surface area contributed by atoms with Crippen LogP contribution in [0.2, 0.25) is 0 Å². The van der Waals surface area contributed by atoms with E-state index < -0.39 is 17.1 Å². The number of hydrogen-bond donors (Lipinski definition) is 0. The van der Waals surface area contributed by atoms with Crippen molar-refractivity contribution in [3.63, 3.8) is 0 Å². The Morgan fingerprint density at radius 3 is 1.66 bits per heavy atom. The molecule has 0 spiro atoms. The number of halogens is 3. The minimum atomic E-state index is -4.32. The number of nitrogens with zero attached hydrogens (tertiary/aromatic N) is 2. The summed E-state index contributed by atoms with van der Waals surface area (Å²) in [6.07, 6.45) is -0.553. The van der Waals surface area contributed by atoms with Gasteiger partial charge >= 0.3 is 6.18 Å². The van der Waals surface area contributed by atoms with E-state index in [-0.39, 0.29) is 18.5 Å². The van der Waals surface area contributed by atoms with E-state index in [0.29, 0.717) is 0 Å². The summed E-state index contributed by atoms with van der Waals surface area (Å²) < 4.78 is 44.4. The van der Waals surface area contributed by atoms with Crippen LogP contribution < -0.4 is 0 Å². The summed E-state index contributed by atoms with van der Waals surface area (Å²) >= 11 is 0. The molecule has 1 saturated carbocycles. The lowest BCUT2D eigenvalue weighted by Gasteiger charge is -2.38. The molecule has 1 aliphatic rings. The monoisotopic (exact) mass is 544 g/mol. The van der Waals surface area contributed by atoms with Gasteiger partial charge in [0.25, 0.3) is 0 Å². The van der Waals surface area contributed by atoms with E-state index in [1.165, 1.54) is 6.20 Å². The molecule has 2 heterocycles. The molecule has 0 radical (unpaired) electrons. The van der Waals surface area contributed by atoms with Gasteiger partial charge in [-0.3, -0.25) is 4.98 Å². The number of aromatic nitrogens is 2. The SMILES string of the molecule is FC(F)(F)C1(c2cc(-c3cn(C(c4ccccc4)(c4ccccc4)c4ccccc4)c4ccccc34)ccn2)CC1. The lowest BCUT2D eigenvalue weighted by Crippen LogP contribution is -2.37. The number of fused-ring (bicyclic) bond motifs is 1. The Hall–Kier alpha value is -4.64. The molecule has 0 amide bonds. The van der Waals surface area contributed by atoms with Gasteiger partial charge in [-0.05, 0) is 53.3 Å². The Morgan fingerprint density at radius 2 is 1.15 bits per heavy atom. The molecule has 2 aromatic heterocycles. The second kappa shape index (κ2) is 9.48. The molecular weight excluding hydrogens is 517 g/mol. The van der Waals surface area contributed by atoms with Crippen molar-refractivity contribution in [2.75, 3.05) is 0 Å². The highest BCUT2D eigenvalue weighted by atomic mass is 19.4. The fraction of sp³-hybridized carbons (Fsp3) is 0.139. The van der Waals surface area contributed by atoms with Gasteiger partial charge in [0.1, 0.15) is 11.0 Å². The number of alkyl halides is 3. The topological polar surface area (TPSA) is 17.8 Å². The van der Waals surface area contributed by atoms with Gasteiger partial charge in [-0.1, -0.05) is 109 Å². The lowest BCUT2D eigenvalue weighted by atomic mass is 9.76. The van der Waals surface area contributed by atoms with Crippen LogP contribution in [0.5, 0.6) is 0 Å². The first-order valence-corrected chi connectivity index (χ1v) is 13.8. The van der Waals surface area contributed by atoms with Crippen molar-refractivity contribution in [3.8, 4) is 11.1 Å². The fourth-order valence-electron chi connectivity index (χ4n) is 6.31. The highest BCUT2D eigenvalue weighted by Gasteiger charge is 2.65. The first-order valence-electron chi connectivity index (χ1n) is 13.8. The van der Waals surface area contributed by atoms with Crippen LogP contribution >= 0.6 is 0 Å². The van der Waals surface area contributed by atoms with E-state index in [1.807, 2.05) is 78.9 Å². The fourth-order valence-corrected chi connectivity index (χ4v) is 6.31. The molecule has 6 aromatic rings. The predicted octanol–water partition coefficient (Wildman–Crippen LogP) is 9.14. The molecule has 0 aliphatic heterocycles. The molecule has 0 bridgehead atoms. The van der Waals surface area contributed by atoms with Gasteiger partial charge in [0.05, 0.1) is 5.69 Å². The van der Waals surface area contributed by atoms with Crippen LogP contribution in [0.15, 0.2) is 140 Å². The molecule has 0 N–H and O–H groups in total. The average Bonchev–Trinajstić information content (AvgIpc) is 3.76. The third-order valence-electron chi connectivity index (χ3n) is 8.50. The molecular formula is C36H27F3N2. The van der Waals surface area contributed by atoms with E-state index in [9.17, 15) is 13.2 Å². The number of hydrogen-bond acceptors (Lipinski definition) is 1. The molecule has 2 nitrogen and oxygen atoms in total. The Morgan fingerprint density at radius 1 is 0.634 bits per heavy atom. The molecule has 202 valence electrons. The average molecular weight is 545 g/mol. The van der Waals surface area contributed by atoms with Crippen molar-refractivity contribution in [2.45, 2.75) is 30.0 Å². The molecule has 7 rings (SSSR count). The summed E-state index contributed by atoms with van der Waals surface area (Å²) in [5.74, 6) is 0. The van der Waals surface area contributed by atoms with Crippen molar-refractivity contribution in [1.82, 2.24) is 9.55 Å². The summed E-state index contributed by atoms with van der Waals surface area (Å²) in [7, 11) is 0. The summed E-state index contributed by atoms with van der Waals surface area (Å²) in [6.45, 7) is 0. The second-order valence-electron chi connectivity index (χ2n) is 10.7. The van der Waals surface area contributed by atoms with Gasteiger partial charge in [-0.2, -0.15) is 13.2 Å². The summed E-state index contributed by atoms with van der Waals surface area (Å²) in [5.41, 5.74) is 3.31. The zero-order chi connectivity index (χ0) is 28.1. The van der Waals surface area contributed by atoms with Crippen molar-refractivity contribution in [2.24, 2.45) is 0 Å². The zero-order valence-corrected chi connectivity index (χ0v) is 22.2. The van der Waals surface area contributed by atoms with Crippen LogP contribution in [0.25, 0.3) is 22.0 Å².